The van der Waals surface area contributed by atoms with Gasteiger partial charge in [-0.3, -0.25) is 9.48 Å². The van der Waals surface area contributed by atoms with Gasteiger partial charge in [0.2, 0.25) is 0 Å². The highest BCUT2D eigenvalue weighted by Gasteiger charge is 2.44. The van der Waals surface area contributed by atoms with Crippen molar-refractivity contribution in [1.29, 1.82) is 0 Å². The molecule has 158 valence electrons. The van der Waals surface area contributed by atoms with Gasteiger partial charge in [0.15, 0.2) is 6.04 Å². The molecule has 2 heterocycles. The number of hydrogen-bond donors (Lipinski definition) is 1. The van der Waals surface area contributed by atoms with Crippen LogP contribution in [0.1, 0.15) is 46.2 Å². The first-order valence-corrected chi connectivity index (χ1v) is 9.39. The normalized spacial score (nSPS) is 17.9. The molecule has 1 N–H and O–H groups in total. The van der Waals surface area contributed by atoms with Gasteiger partial charge in [0.25, 0.3) is 5.91 Å². The fraction of sp³-hybridized carbons (Fsp3) is 0.500. The Labute approximate surface area is 167 Å². The smallest absolute Gasteiger partial charge is 0.413 e. The SMILES string of the molecule is Cc1nn(C)c(C)c1[C@H](NC(=O)c1ccc(OC[C@H]2CCCO2)cc1)C(F)(F)F. The molecular formula is C20H24F3N3O3. The maximum Gasteiger partial charge on any atom is 0.413 e. The lowest BCUT2D eigenvalue weighted by Crippen LogP contribution is -2.38. The summed E-state index contributed by atoms with van der Waals surface area (Å²) in [5.41, 5.74) is 0.654. The fourth-order valence-corrected chi connectivity index (χ4v) is 3.41. The van der Waals surface area contributed by atoms with Gasteiger partial charge in [0, 0.05) is 30.5 Å². The maximum absolute atomic E-state index is 13.7. The van der Waals surface area contributed by atoms with Crippen molar-refractivity contribution in [3.63, 3.8) is 0 Å². The fourth-order valence-electron chi connectivity index (χ4n) is 3.41. The second-order valence-corrected chi connectivity index (χ2v) is 7.13. The third kappa shape index (κ3) is 4.90. The highest BCUT2D eigenvalue weighted by molar-refractivity contribution is 5.94. The number of nitrogens with zero attached hydrogens (tertiary/aromatic N) is 2. The van der Waals surface area contributed by atoms with Crippen molar-refractivity contribution in [3.8, 4) is 5.75 Å². The van der Waals surface area contributed by atoms with Gasteiger partial charge in [-0.2, -0.15) is 18.3 Å². The van der Waals surface area contributed by atoms with Crippen LogP contribution >= 0.6 is 0 Å². The van der Waals surface area contributed by atoms with Crippen molar-refractivity contribution in [2.24, 2.45) is 7.05 Å². The predicted molar refractivity (Wildman–Crippen MR) is 99.9 cm³/mol. The van der Waals surface area contributed by atoms with Crippen LogP contribution in [0, 0.1) is 13.8 Å². The molecule has 0 saturated carbocycles. The highest BCUT2D eigenvalue weighted by Crippen LogP contribution is 2.36. The topological polar surface area (TPSA) is 65.4 Å². The van der Waals surface area contributed by atoms with E-state index < -0.39 is 18.1 Å². The molecule has 9 heteroatoms. The van der Waals surface area contributed by atoms with Gasteiger partial charge in [-0.15, -0.1) is 0 Å². The van der Waals surface area contributed by atoms with Crippen LogP contribution in [-0.4, -0.2) is 41.2 Å². The van der Waals surface area contributed by atoms with Gasteiger partial charge < -0.3 is 14.8 Å². The van der Waals surface area contributed by atoms with Crippen LogP contribution in [0.3, 0.4) is 0 Å². The van der Waals surface area contributed by atoms with E-state index in [1.54, 1.807) is 26.1 Å². The van der Waals surface area contributed by atoms with Gasteiger partial charge in [-0.05, 0) is 51.0 Å². The van der Waals surface area contributed by atoms with E-state index in [1.165, 1.54) is 23.7 Å². The second kappa shape index (κ2) is 8.44. The van der Waals surface area contributed by atoms with Crippen molar-refractivity contribution in [2.45, 2.75) is 45.0 Å². The number of halogens is 3. The minimum Gasteiger partial charge on any atom is -0.491 e. The highest BCUT2D eigenvalue weighted by atomic mass is 19.4. The Balaban J connectivity index is 1.71. The molecule has 1 aliphatic rings. The number of nitrogens with one attached hydrogen (secondary N) is 1. The molecule has 3 rings (SSSR count). The third-order valence-electron chi connectivity index (χ3n) is 5.03. The average Bonchev–Trinajstić information content (AvgIpc) is 3.26. The van der Waals surface area contributed by atoms with E-state index in [4.69, 9.17) is 9.47 Å². The molecule has 0 unspecified atom stereocenters. The Hall–Kier alpha value is -2.55. The van der Waals surface area contributed by atoms with Crippen LogP contribution in [0.2, 0.25) is 0 Å². The Morgan fingerprint density at radius 3 is 2.55 bits per heavy atom. The van der Waals surface area contributed by atoms with Crippen molar-refractivity contribution >= 4 is 5.91 Å². The Morgan fingerprint density at radius 2 is 2.03 bits per heavy atom. The number of hydrogen-bond acceptors (Lipinski definition) is 4. The van der Waals surface area contributed by atoms with Crippen LogP contribution in [0.5, 0.6) is 5.75 Å². The molecular weight excluding hydrogens is 387 g/mol. The van der Waals surface area contributed by atoms with Crippen molar-refractivity contribution < 1.29 is 27.4 Å². The lowest BCUT2D eigenvalue weighted by Gasteiger charge is -2.22. The maximum atomic E-state index is 13.7. The number of aryl methyl sites for hydroxylation is 2. The molecule has 1 saturated heterocycles. The molecule has 1 fully saturated rings. The van der Waals surface area contributed by atoms with E-state index >= 15 is 0 Å². The van der Waals surface area contributed by atoms with Gasteiger partial charge in [0.1, 0.15) is 12.4 Å². The summed E-state index contributed by atoms with van der Waals surface area (Å²) in [5.74, 6) is -0.288. The number of carbonyl (C=O) groups is 1. The van der Waals surface area contributed by atoms with Gasteiger partial charge in [-0.1, -0.05) is 0 Å². The molecule has 0 aliphatic carbocycles. The van der Waals surface area contributed by atoms with E-state index in [9.17, 15) is 18.0 Å². The standard InChI is InChI=1S/C20H24F3N3O3/c1-12-17(13(2)26(3)25-12)18(20(21,22)23)24-19(27)14-6-8-15(9-7-14)29-11-16-5-4-10-28-16/h6-9,16,18H,4-5,10-11H2,1-3H3,(H,24,27)/t16-,18+/m1/s1. The summed E-state index contributed by atoms with van der Waals surface area (Å²) >= 11 is 0. The van der Waals surface area contributed by atoms with Crippen LogP contribution in [0.15, 0.2) is 24.3 Å². The van der Waals surface area contributed by atoms with Gasteiger partial charge in [0.05, 0.1) is 11.8 Å². The van der Waals surface area contributed by atoms with E-state index in [-0.39, 0.29) is 22.9 Å². The summed E-state index contributed by atoms with van der Waals surface area (Å²) in [5, 5.41) is 6.13. The summed E-state index contributed by atoms with van der Waals surface area (Å²) in [6.07, 6.45) is -2.66. The average molecular weight is 411 g/mol. The minimum absolute atomic E-state index is 0.0372. The molecule has 1 amide bonds. The third-order valence-corrected chi connectivity index (χ3v) is 5.03. The Kier molecular flexibility index (Phi) is 6.16. The Bertz CT molecular complexity index is 856. The van der Waals surface area contributed by atoms with E-state index in [0.717, 1.165) is 19.4 Å². The quantitative estimate of drug-likeness (QED) is 0.789. The monoisotopic (exact) mass is 411 g/mol. The zero-order valence-electron chi connectivity index (χ0n) is 16.5. The summed E-state index contributed by atoms with van der Waals surface area (Å²) < 4.78 is 53.5. The summed E-state index contributed by atoms with van der Waals surface area (Å²) in [6, 6.07) is 3.87. The number of aromatic nitrogens is 2. The van der Waals surface area contributed by atoms with E-state index in [0.29, 0.717) is 18.1 Å². The summed E-state index contributed by atoms with van der Waals surface area (Å²) in [6.45, 7) is 4.17. The molecule has 0 radical (unpaired) electrons. The van der Waals surface area contributed by atoms with Crippen LogP contribution in [0.4, 0.5) is 13.2 Å². The summed E-state index contributed by atoms with van der Waals surface area (Å²) in [7, 11) is 1.57. The number of amides is 1. The predicted octanol–water partition coefficient (Wildman–Crippen LogP) is 3.63. The van der Waals surface area contributed by atoms with Crippen LogP contribution in [-0.2, 0) is 11.8 Å². The molecule has 6 nitrogen and oxygen atoms in total. The molecule has 0 bridgehead atoms. The second-order valence-electron chi connectivity index (χ2n) is 7.13. The van der Waals surface area contributed by atoms with Gasteiger partial charge in [-0.25, -0.2) is 0 Å². The largest absolute Gasteiger partial charge is 0.491 e. The zero-order valence-corrected chi connectivity index (χ0v) is 16.5. The Morgan fingerprint density at radius 1 is 1.34 bits per heavy atom. The van der Waals surface area contributed by atoms with Crippen molar-refractivity contribution in [2.75, 3.05) is 13.2 Å². The molecule has 2 aromatic rings. The number of ether oxygens (including phenoxy) is 2. The van der Waals surface area contributed by atoms with Crippen molar-refractivity contribution in [3.05, 3.63) is 46.8 Å². The number of benzene rings is 1. The molecule has 1 aliphatic heterocycles. The summed E-state index contributed by atoms with van der Waals surface area (Å²) in [4.78, 5) is 12.5. The molecule has 29 heavy (non-hydrogen) atoms. The van der Waals surface area contributed by atoms with E-state index in [1.807, 2.05) is 0 Å². The lowest BCUT2D eigenvalue weighted by molar-refractivity contribution is -0.155. The molecule has 2 atom stereocenters. The number of alkyl halides is 3. The molecule has 0 spiro atoms. The van der Waals surface area contributed by atoms with Crippen molar-refractivity contribution in [1.82, 2.24) is 15.1 Å². The number of carbonyl (C=O) groups excluding carboxylic acids is 1. The number of rotatable bonds is 6. The lowest BCUT2D eigenvalue weighted by atomic mass is 10.0. The zero-order chi connectivity index (χ0) is 21.2. The first-order valence-electron chi connectivity index (χ1n) is 9.39. The minimum atomic E-state index is -4.65. The first kappa shape index (κ1) is 21.2. The molecule has 1 aromatic carbocycles. The van der Waals surface area contributed by atoms with E-state index in [2.05, 4.69) is 10.4 Å². The first-order chi connectivity index (χ1) is 13.7. The van der Waals surface area contributed by atoms with Gasteiger partial charge >= 0.3 is 6.18 Å². The van der Waals surface area contributed by atoms with Crippen LogP contribution < -0.4 is 10.1 Å². The molecule has 1 aromatic heterocycles. The van der Waals surface area contributed by atoms with Crippen LogP contribution in [0.25, 0.3) is 0 Å².